The second-order valence-electron chi connectivity index (χ2n) is 9.94. The Morgan fingerprint density at radius 2 is 1.12 bits per heavy atom. The predicted octanol–water partition coefficient (Wildman–Crippen LogP) is -6.11. The Kier molecular flexibility index (Phi) is 17.7. The molecule has 0 bridgehead atoms. The zero-order chi connectivity index (χ0) is 33.3. The van der Waals surface area contributed by atoms with Crippen molar-refractivity contribution in [1.29, 1.82) is 0 Å². The molecule has 0 spiro atoms. The highest BCUT2D eigenvalue weighted by Gasteiger charge is 2.26. The Morgan fingerprint density at radius 1 is 0.698 bits per heavy atom. The molecule has 0 aliphatic heterocycles. The van der Waals surface area contributed by atoms with E-state index in [2.05, 4.69) is 31.9 Å². The Labute approximate surface area is 247 Å². The van der Waals surface area contributed by atoms with E-state index in [1.807, 2.05) is 0 Å². The molecule has 0 rings (SSSR count). The Balaban J connectivity index is 4.88. The van der Waals surface area contributed by atoms with Crippen molar-refractivity contribution in [3.05, 3.63) is 0 Å². The molecular formula is C24H42N8O11. The maximum absolute atomic E-state index is 12.7. The average Bonchev–Trinajstić information content (AvgIpc) is 2.92. The minimum atomic E-state index is -1.54. The molecule has 0 aliphatic carbocycles. The first-order valence-electron chi connectivity index (χ1n) is 13.2. The molecule has 0 heterocycles. The molecule has 0 fully saturated rings. The van der Waals surface area contributed by atoms with Gasteiger partial charge in [0.25, 0.3) is 0 Å². The summed E-state index contributed by atoms with van der Waals surface area (Å²) in [6, 6.07) is -5.34. The SMILES string of the molecule is CC(C)C[C@H](NC(=O)CNC(=O)[C@@H](N)[C@@H](C)O)C(=O)NCC(=O)N[C@@H](CO)C(=O)NCC(=O)N[C@@H](CCC(N)=O)C(=O)O. The first kappa shape index (κ1) is 38.6. The van der Waals surface area contributed by atoms with Crippen molar-refractivity contribution in [3.63, 3.8) is 0 Å². The highest BCUT2D eigenvalue weighted by atomic mass is 16.4. The van der Waals surface area contributed by atoms with Crippen LogP contribution < -0.4 is 43.4 Å². The standard InChI is InChI=1S/C24H42N8O11/c1-11(2)6-14(31-18(37)9-29-23(41)20(26)12(3)34)21(39)27-8-19(38)32-15(10-33)22(40)28-7-17(36)30-13(24(42)43)4-5-16(25)35/h11-15,20,33-34H,4-10,26H2,1-3H3,(H2,25,35)(H,27,39)(H,28,40)(H,29,41)(H,30,36)(H,31,37)(H,32,38)(H,42,43)/t12-,13+,14+,15+,20+/m1/s1. The number of hydrogen-bond donors (Lipinski definition) is 11. The Hall–Kier alpha value is -4.36. The van der Waals surface area contributed by atoms with Crippen LogP contribution in [0.3, 0.4) is 0 Å². The fourth-order valence-corrected chi connectivity index (χ4v) is 3.26. The number of carboxylic acids is 1. The lowest BCUT2D eigenvalue weighted by Gasteiger charge is -2.21. The van der Waals surface area contributed by atoms with Crippen LogP contribution in [0.2, 0.25) is 0 Å². The van der Waals surface area contributed by atoms with E-state index in [9.17, 15) is 48.6 Å². The summed E-state index contributed by atoms with van der Waals surface area (Å²) >= 11 is 0. The summed E-state index contributed by atoms with van der Waals surface area (Å²) in [5.41, 5.74) is 10.4. The van der Waals surface area contributed by atoms with Crippen molar-refractivity contribution in [2.75, 3.05) is 26.2 Å². The first-order valence-corrected chi connectivity index (χ1v) is 13.2. The van der Waals surface area contributed by atoms with Gasteiger partial charge in [-0.2, -0.15) is 0 Å². The molecule has 0 aliphatic rings. The van der Waals surface area contributed by atoms with E-state index in [1.165, 1.54) is 6.92 Å². The number of carbonyl (C=O) groups excluding carboxylic acids is 7. The van der Waals surface area contributed by atoms with Crippen LogP contribution in [-0.2, 0) is 38.4 Å². The number of aliphatic hydroxyl groups excluding tert-OH is 2. The third kappa shape index (κ3) is 16.6. The van der Waals surface area contributed by atoms with Crippen LogP contribution in [0.25, 0.3) is 0 Å². The zero-order valence-corrected chi connectivity index (χ0v) is 24.2. The van der Waals surface area contributed by atoms with Crippen LogP contribution in [-0.4, -0.2) is 119 Å². The van der Waals surface area contributed by atoms with Gasteiger partial charge in [0, 0.05) is 6.42 Å². The Bertz CT molecular complexity index is 1020. The van der Waals surface area contributed by atoms with Gasteiger partial charge in [0.05, 0.1) is 32.3 Å². The van der Waals surface area contributed by atoms with Crippen molar-refractivity contribution in [1.82, 2.24) is 31.9 Å². The summed E-state index contributed by atoms with van der Waals surface area (Å²) in [4.78, 5) is 95.4. The number of primary amides is 1. The van der Waals surface area contributed by atoms with E-state index in [4.69, 9.17) is 16.6 Å². The van der Waals surface area contributed by atoms with E-state index < -0.39 is 104 Å². The summed E-state index contributed by atoms with van der Waals surface area (Å²) in [6.45, 7) is 2.05. The smallest absolute Gasteiger partial charge is 0.326 e. The molecule has 7 amide bonds. The number of rotatable bonds is 20. The molecule has 43 heavy (non-hydrogen) atoms. The molecule has 0 aromatic heterocycles. The summed E-state index contributed by atoms with van der Waals surface area (Å²) in [7, 11) is 0. The molecule has 19 nitrogen and oxygen atoms in total. The van der Waals surface area contributed by atoms with Gasteiger partial charge in [-0.25, -0.2) is 4.79 Å². The zero-order valence-electron chi connectivity index (χ0n) is 24.2. The fraction of sp³-hybridized carbons (Fsp3) is 0.667. The number of aliphatic carboxylic acids is 1. The van der Waals surface area contributed by atoms with Gasteiger partial charge < -0.3 is 58.7 Å². The molecule has 0 radical (unpaired) electrons. The molecule has 19 heteroatoms. The van der Waals surface area contributed by atoms with Crippen LogP contribution >= 0.6 is 0 Å². The molecule has 0 saturated carbocycles. The molecule has 0 aromatic rings. The van der Waals surface area contributed by atoms with Crippen molar-refractivity contribution < 1.29 is 53.7 Å². The average molecular weight is 619 g/mol. The third-order valence-corrected chi connectivity index (χ3v) is 5.60. The van der Waals surface area contributed by atoms with E-state index in [1.54, 1.807) is 13.8 Å². The van der Waals surface area contributed by atoms with Crippen molar-refractivity contribution in [2.24, 2.45) is 17.4 Å². The summed E-state index contributed by atoms with van der Waals surface area (Å²) < 4.78 is 0. The van der Waals surface area contributed by atoms with Crippen LogP contribution in [0.1, 0.15) is 40.0 Å². The lowest BCUT2D eigenvalue weighted by molar-refractivity contribution is -0.142. The quantitative estimate of drug-likeness (QED) is 0.0607. The van der Waals surface area contributed by atoms with E-state index in [-0.39, 0.29) is 25.2 Å². The molecule has 0 aromatic carbocycles. The predicted molar refractivity (Wildman–Crippen MR) is 147 cm³/mol. The van der Waals surface area contributed by atoms with Crippen LogP contribution in [0.15, 0.2) is 0 Å². The highest BCUT2D eigenvalue weighted by molar-refractivity contribution is 5.94. The second kappa shape index (κ2) is 19.7. The van der Waals surface area contributed by atoms with Crippen LogP contribution in [0.5, 0.6) is 0 Å². The van der Waals surface area contributed by atoms with E-state index in [0.717, 1.165) is 0 Å². The van der Waals surface area contributed by atoms with Gasteiger partial charge in [0.2, 0.25) is 41.4 Å². The summed E-state index contributed by atoms with van der Waals surface area (Å²) in [5.74, 6) is -7.37. The van der Waals surface area contributed by atoms with Gasteiger partial charge in [-0.3, -0.25) is 33.6 Å². The van der Waals surface area contributed by atoms with Gasteiger partial charge in [0.1, 0.15) is 24.2 Å². The van der Waals surface area contributed by atoms with Gasteiger partial charge in [-0.05, 0) is 25.7 Å². The topological polar surface area (TPSA) is 321 Å². The minimum Gasteiger partial charge on any atom is -0.480 e. The minimum absolute atomic E-state index is 0.0725. The number of amides is 7. The Morgan fingerprint density at radius 3 is 1.51 bits per heavy atom. The molecule has 0 unspecified atom stereocenters. The maximum atomic E-state index is 12.7. The van der Waals surface area contributed by atoms with Gasteiger partial charge in [-0.1, -0.05) is 13.8 Å². The van der Waals surface area contributed by atoms with Gasteiger partial charge in [-0.15, -0.1) is 0 Å². The number of nitrogens with two attached hydrogens (primary N) is 2. The second-order valence-corrected chi connectivity index (χ2v) is 9.94. The van der Waals surface area contributed by atoms with Crippen LogP contribution in [0.4, 0.5) is 0 Å². The normalized spacial score (nSPS) is 14.2. The fourth-order valence-electron chi connectivity index (χ4n) is 3.26. The lowest BCUT2D eigenvalue weighted by atomic mass is 10.0. The summed E-state index contributed by atoms with van der Waals surface area (Å²) in [6.07, 6.45) is -1.57. The number of nitrogens with one attached hydrogen (secondary N) is 6. The van der Waals surface area contributed by atoms with E-state index >= 15 is 0 Å². The molecule has 0 saturated heterocycles. The highest BCUT2D eigenvalue weighted by Crippen LogP contribution is 2.05. The van der Waals surface area contributed by atoms with Crippen molar-refractivity contribution in [3.8, 4) is 0 Å². The van der Waals surface area contributed by atoms with Gasteiger partial charge in [0.15, 0.2) is 0 Å². The number of carboxylic acid groups (broad SMARTS) is 1. The molecular weight excluding hydrogens is 576 g/mol. The number of hydrogen-bond acceptors (Lipinski definition) is 11. The summed E-state index contributed by atoms with van der Waals surface area (Å²) in [5, 5.41) is 41.2. The van der Waals surface area contributed by atoms with Crippen molar-refractivity contribution >= 4 is 47.3 Å². The van der Waals surface area contributed by atoms with Crippen LogP contribution in [0, 0.1) is 5.92 Å². The molecule has 13 N–H and O–H groups in total. The van der Waals surface area contributed by atoms with E-state index in [0.29, 0.717) is 0 Å². The van der Waals surface area contributed by atoms with Crippen molar-refractivity contribution in [2.45, 2.75) is 70.3 Å². The molecule has 5 atom stereocenters. The van der Waals surface area contributed by atoms with Gasteiger partial charge >= 0.3 is 5.97 Å². The first-order chi connectivity index (χ1) is 20.0. The maximum Gasteiger partial charge on any atom is 0.326 e. The lowest BCUT2D eigenvalue weighted by Crippen LogP contribution is -2.55. The largest absolute Gasteiger partial charge is 0.480 e. The third-order valence-electron chi connectivity index (χ3n) is 5.60. The monoisotopic (exact) mass is 618 g/mol. The number of carbonyl (C=O) groups is 8. The number of aliphatic hydroxyl groups is 2. The molecule has 244 valence electrons.